The summed E-state index contributed by atoms with van der Waals surface area (Å²) >= 11 is 1.20. The number of benzene rings is 2. The van der Waals surface area contributed by atoms with Crippen LogP contribution in [0.15, 0.2) is 59.8 Å². The molecule has 2 amide bonds. The van der Waals surface area contributed by atoms with Crippen molar-refractivity contribution < 1.29 is 19.5 Å². The smallest absolute Gasteiger partial charge is 0.335 e. The summed E-state index contributed by atoms with van der Waals surface area (Å²) in [5.41, 5.74) is 1.06. The van der Waals surface area contributed by atoms with Crippen molar-refractivity contribution in [3.05, 3.63) is 71.5 Å². The Bertz CT molecular complexity index is 1150. The van der Waals surface area contributed by atoms with E-state index in [9.17, 15) is 14.4 Å². The number of hydrogen-bond donors (Lipinski definition) is 3. The van der Waals surface area contributed by atoms with Gasteiger partial charge in [-0.15, -0.1) is 10.2 Å². The van der Waals surface area contributed by atoms with Crippen LogP contribution in [-0.4, -0.2) is 43.4 Å². The van der Waals surface area contributed by atoms with Gasteiger partial charge >= 0.3 is 5.97 Å². The number of rotatable bonds is 9. The van der Waals surface area contributed by atoms with Crippen LogP contribution in [0.2, 0.25) is 0 Å². The van der Waals surface area contributed by atoms with Crippen LogP contribution in [0.3, 0.4) is 0 Å². The van der Waals surface area contributed by atoms with E-state index < -0.39 is 5.97 Å². The zero-order chi connectivity index (χ0) is 24.0. The lowest BCUT2D eigenvalue weighted by molar-refractivity contribution is -0.113. The van der Waals surface area contributed by atoms with Crippen LogP contribution in [0.5, 0.6) is 0 Å². The third-order valence-corrected chi connectivity index (χ3v) is 5.88. The Morgan fingerprint density at radius 1 is 1.03 bits per heavy atom. The Balaban J connectivity index is 1.65. The minimum Gasteiger partial charge on any atom is -0.478 e. The lowest BCUT2D eigenvalue weighted by Gasteiger charge is -2.21. The fraction of sp³-hybridized carbons (Fsp3) is 0.261. The number of carbonyl (C=O) groups excluding carboxylic acids is 2. The van der Waals surface area contributed by atoms with Gasteiger partial charge in [-0.3, -0.25) is 9.59 Å². The van der Waals surface area contributed by atoms with Crippen LogP contribution >= 0.6 is 11.8 Å². The van der Waals surface area contributed by atoms with E-state index in [1.807, 2.05) is 19.9 Å². The third-order valence-electron chi connectivity index (χ3n) is 4.86. The van der Waals surface area contributed by atoms with Gasteiger partial charge in [0.1, 0.15) is 0 Å². The first-order valence-electron chi connectivity index (χ1n) is 10.3. The molecule has 0 saturated heterocycles. The summed E-state index contributed by atoms with van der Waals surface area (Å²) in [5, 5.41) is 23.7. The van der Waals surface area contributed by atoms with Crippen molar-refractivity contribution >= 4 is 35.2 Å². The Labute approximate surface area is 195 Å². The second kappa shape index (κ2) is 10.8. The van der Waals surface area contributed by atoms with Crippen LogP contribution in [0.4, 0.5) is 5.69 Å². The molecule has 0 aliphatic carbocycles. The van der Waals surface area contributed by atoms with Gasteiger partial charge in [0.2, 0.25) is 5.91 Å². The van der Waals surface area contributed by atoms with Crippen molar-refractivity contribution in [2.75, 3.05) is 11.1 Å². The minimum atomic E-state index is -1.06. The molecule has 1 aromatic heterocycles. The molecule has 0 aliphatic heterocycles. The minimum absolute atomic E-state index is 0.0585. The van der Waals surface area contributed by atoms with E-state index in [4.69, 9.17) is 5.11 Å². The molecule has 3 aromatic rings. The number of carboxylic acids is 1. The molecule has 0 aliphatic rings. The van der Waals surface area contributed by atoms with Gasteiger partial charge < -0.3 is 20.3 Å². The summed E-state index contributed by atoms with van der Waals surface area (Å²) in [6.45, 7) is 3.96. The largest absolute Gasteiger partial charge is 0.478 e. The molecule has 10 heteroatoms. The van der Waals surface area contributed by atoms with Crippen LogP contribution in [0.25, 0.3) is 0 Å². The van der Waals surface area contributed by atoms with Crippen molar-refractivity contribution in [1.29, 1.82) is 0 Å². The maximum absolute atomic E-state index is 12.6. The number of hydrogen-bond acceptors (Lipinski definition) is 6. The van der Waals surface area contributed by atoms with Gasteiger partial charge in [0.25, 0.3) is 5.91 Å². The van der Waals surface area contributed by atoms with Crippen LogP contribution in [0.1, 0.15) is 46.4 Å². The number of nitrogens with one attached hydrogen (secondary N) is 2. The van der Waals surface area contributed by atoms with Gasteiger partial charge in [-0.25, -0.2) is 4.79 Å². The predicted molar refractivity (Wildman–Crippen MR) is 125 cm³/mol. The molecule has 0 spiro atoms. The maximum atomic E-state index is 12.6. The summed E-state index contributed by atoms with van der Waals surface area (Å²) < 4.78 is 1.76. The lowest BCUT2D eigenvalue weighted by atomic mass is 10.0. The van der Waals surface area contributed by atoms with Gasteiger partial charge in [0, 0.05) is 18.3 Å². The van der Waals surface area contributed by atoms with Crippen molar-refractivity contribution in [3.8, 4) is 0 Å². The standard InChI is InChI=1S/C23H25N5O4S/c1-14(2)19(25-21(30)15-8-5-4-6-9-15)20-26-27-23(28(20)3)33-13-18(29)24-17-11-7-10-16(12-17)22(31)32/h4-12,14,19H,13H2,1-3H3,(H,24,29)(H,25,30)(H,31,32)/t19-/m0/s1. The molecule has 0 radical (unpaired) electrons. The summed E-state index contributed by atoms with van der Waals surface area (Å²) in [6.07, 6.45) is 0. The fourth-order valence-electron chi connectivity index (χ4n) is 3.12. The third kappa shape index (κ3) is 6.19. The molecule has 3 rings (SSSR count). The van der Waals surface area contributed by atoms with Crippen LogP contribution in [-0.2, 0) is 11.8 Å². The van der Waals surface area contributed by atoms with E-state index in [2.05, 4.69) is 20.8 Å². The van der Waals surface area contributed by atoms with E-state index in [1.165, 1.54) is 23.9 Å². The molecule has 1 heterocycles. The Kier molecular flexibility index (Phi) is 7.83. The number of aromatic carboxylic acids is 1. The van der Waals surface area contributed by atoms with Crippen molar-refractivity contribution in [3.63, 3.8) is 0 Å². The highest BCUT2D eigenvalue weighted by Gasteiger charge is 2.25. The second-order valence-electron chi connectivity index (χ2n) is 7.68. The normalized spacial score (nSPS) is 11.8. The van der Waals surface area contributed by atoms with E-state index in [-0.39, 0.29) is 35.1 Å². The lowest BCUT2D eigenvalue weighted by Crippen LogP contribution is -2.33. The van der Waals surface area contributed by atoms with Gasteiger partial charge in [-0.2, -0.15) is 0 Å². The zero-order valence-electron chi connectivity index (χ0n) is 18.5. The van der Waals surface area contributed by atoms with E-state index >= 15 is 0 Å². The number of carbonyl (C=O) groups is 3. The van der Waals surface area contributed by atoms with Crippen molar-refractivity contribution in [2.24, 2.45) is 13.0 Å². The molecule has 9 nitrogen and oxygen atoms in total. The summed E-state index contributed by atoms with van der Waals surface area (Å²) in [4.78, 5) is 36.1. The van der Waals surface area contributed by atoms with E-state index in [0.29, 0.717) is 22.2 Å². The molecule has 0 fully saturated rings. The SMILES string of the molecule is CC(C)[C@H](NC(=O)c1ccccc1)c1nnc(SCC(=O)Nc2cccc(C(=O)O)c2)n1C. The highest BCUT2D eigenvalue weighted by Crippen LogP contribution is 2.24. The van der Waals surface area contributed by atoms with Crippen LogP contribution < -0.4 is 10.6 Å². The van der Waals surface area contributed by atoms with Gasteiger partial charge in [-0.1, -0.05) is 49.9 Å². The summed E-state index contributed by atoms with van der Waals surface area (Å²) in [5.74, 6) is -0.855. The topological polar surface area (TPSA) is 126 Å². The molecule has 0 saturated carbocycles. The van der Waals surface area contributed by atoms with Crippen molar-refractivity contribution in [1.82, 2.24) is 20.1 Å². The second-order valence-corrected chi connectivity index (χ2v) is 8.63. The average Bonchev–Trinajstić information content (AvgIpc) is 3.16. The van der Waals surface area contributed by atoms with Gasteiger partial charge in [0.05, 0.1) is 17.4 Å². The van der Waals surface area contributed by atoms with Crippen molar-refractivity contribution in [2.45, 2.75) is 25.0 Å². The highest BCUT2D eigenvalue weighted by molar-refractivity contribution is 7.99. The fourth-order valence-corrected chi connectivity index (χ4v) is 3.84. The predicted octanol–water partition coefficient (Wildman–Crippen LogP) is 3.37. The Hall–Kier alpha value is -3.66. The number of anilines is 1. The first-order valence-corrected chi connectivity index (χ1v) is 11.3. The monoisotopic (exact) mass is 467 g/mol. The summed E-state index contributed by atoms with van der Waals surface area (Å²) in [6, 6.07) is 14.6. The highest BCUT2D eigenvalue weighted by atomic mass is 32.2. The first-order chi connectivity index (χ1) is 15.8. The molecule has 2 aromatic carbocycles. The molecular formula is C23H25N5O4S. The molecule has 33 heavy (non-hydrogen) atoms. The van der Waals surface area contributed by atoms with Gasteiger partial charge in [0.15, 0.2) is 11.0 Å². The summed E-state index contributed by atoms with van der Waals surface area (Å²) in [7, 11) is 1.79. The molecule has 1 atom stereocenters. The molecule has 0 unspecified atom stereocenters. The number of amides is 2. The maximum Gasteiger partial charge on any atom is 0.335 e. The number of nitrogens with zero attached hydrogens (tertiary/aromatic N) is 3. The molecule has 0 bridgehead atoms. The Morgan fingerprint density at radius 2 is 1.73 bits per heavy atom. The number of carboxylic acid groups (broad SMARTS) is 1. The quantitative estimate of drug-likeness (QED) is 0.412. The number of aromatic nitrogens is 3. The first kappa shape index (κ1) is 24.0. The molecule has 172 valence electrons. The molecular weight excluding hydrogens is 442 g/mol. The average molecular weight is 468 g/mol. The molecule has 3 N–H and O–H groups in total. The van der Waals surface area contributed by atoms with Crippen LogP contribution in [0, 0.1) is 5.92 Å². The van der Waals surface area contributed by atoms with E-state index in [1.54, 1.807) is 48.0 Å². The van der Waals surface area contributed by atoms with E-state index in [0.717, 1.165) is 0 Å². The number of thioether (sulfide) groups is 1. The van der Waals surface area contributed by atoms with Gasteiger partial charge in [-0.05, 0) is 36.2 Å². The zero-order valence-corrected chi connectivity index (χ0v) is 19.3. The Morgan fingerprint density at radius 3 is 2.39 bits per heavy atom.